The molecule has 0 aliphatic carbocycles. The lowest BCUT2D eigenvalue weighted by Crippen LogP contribution is -2.40. The Labute approximate surface area is 207 Å². The van der Waals surface area contributed by atoms with Crippen molar-refractivity contribution in [3.05, 3.63) is 59.6 Å². The Hall–Kier alpha value is -3.82. The first-order chi connectivity index (χ1) is 17.4. The molecule has 0 spiro atoms. The van der Waals surface area contributed by atoms with E-state index in [1.54, 1.807) is 31.2 Å². The number of aromatic nitrogens is 3. The second-order valence-corrected chi connectivity index (χ2v) is 8.94. The van der Waals surface area contributed by atoms with Gasteiger partial charge in [-0.2, -0.15) is 0 Å². The number of piperidine rings is 1. The molecule has 0 bridgehead atoms. The van der Waals surface area contributed by atoms with Gasteiger partial charge in [-0.3, -0.25) is 9.78 Å². The van der Waals surface area contributed by atoms with Crippen molar-refractivity contribution in [2.24, 2.45) is 0 Å². The summed E-state index contributed by atoms with van der Waals surface area (Å²) in [5.41, 5.74) is 2.90. The van der Waals surface area contributed by atoms with Crippen molar-refractivity contribution in [1.82, 2.24) is 19.9 Å². The molecule has 0 atom stereocenters. The second kappa shape index (κ2) is 10.0. The minimum atomic E-state index is -0.705. The first-order valence-corrected chi connectivity index (χ1v) is 11.9. The maximum Gasteiger partial charge on any atom is 0.219 e. The predicted molar refractivity (Wildman–Crippen MR) is 129 cm³/mol. The van der Waals surface area contributed by atoms with E-state index in [2.05, 4.69) is 9.88 Å². The van der Waals surface area contributed by atoms with Crippen LogP contribution in [0.3, 0.4) is 0 Å². The highest BCUT2D eigenvalue weighted by Gasteiger charge is 2.29. The van der Waals surface area contributed by atoms with E-state index in [0.717, 1.165) is 23.3 Å². The first kappa shape index (κ1) is 23.9. The third kappa shape index (κ3) is 4.93. The first-order valence-electron chi connectivity index (χ1n) is 11.9. The standard InChI is InChI=1S/C26H27F2N5O3/c1-16(34)33-12-8-21-23(15-33)30-25(22-14-19(35-2)5-9-29-22)26(31-21)32-10-6-18(7-11-32)36-24-4-3-17(27)13-20(24)28/h3-5,9,13-14,18H,6-8,10-12,15H2,1-2H3. The molecule has 0 unspecified atom stereocenters. The average molecular weight is 496 g/mol. The van der Waals surface area contributed by atoms with Gasteiger partial charge in [0.1, 0.15) is 23.4 Å². The smallest absolute Gasteiger partial charge is 0.219 e. The number of anilines is 1. The largest absolute Gasteiger partial charge is 0.497 e. The third-order valence-electron chi connectivity index (χ3n) is 6.58. The minimum Gasteiger partial charge on any atom is -0.497 e. The molecule has 36 heavy (non-hydrogen) atoms. The molecule has 0 radical (unpaired) electrons. The summed E-state index contributed by atoms with van der Waals surface area (Å²) in [5, 5.41) is 0. The highest BCUT2D eigenvalue weighted by atomic mass is 19.1. The van der Waals surface area contributed by atoms with Gasteiger partial charge in [-0.1, -0.05) is 0 Å². The van der Waals surface area contributed by atoms with Crippen LogP contribution in [0.2, 0.25) is 0 Å². The quantitative estimate of drug-likeness (QED) is 0.533. The number of halogens is 2. The fraction of sp³-hybridized carbons (Fsp3) is 0.385. The molecule has 1 amide bonds. The number of carbonyl (C=O) groups is 1. The van der Waals surface area contributed by atoms with Gasteiger partial charge in [0, 0.05) is 64.2 Å². The number of hydrogen-bond donors (Lipinski definition) is 0. The van der Waals surface area contributed by atoms with E-state index in [-0.39, 0.29) is 17.8 Å². The van der Waals surface area contributed by atoms with E-state index in [0.29, 0.717) is 62.6 Å². The third-order valence-corrected chi connectivity index (χ3v) is 6.58. The van der Waals surface area contributed by atoms with Crippen LogP contribution in [-0.2, 0) is 17.8 Å². The minimum absolute atomic E-state index is 0.00671. The van der Waals surface area contributed by atoms with Crippen molar-refractivity contribution in [2.45, 2.75) is 38.8 Å². The number of pyridine rings is 1. The van der Waals surface area contributed by atoms with Crippen LogP contribution in [-0.4, -0.2) is 58.6 Å². The van der Waals surface area contributed by atoms with Crippen LogP contribution in [0.4, 0.5) is 14.6 Å². The van der Waals surface area contributed by atoms with Gasteiger partial charge in [-0.15, -0.1) is 0 Å². The Morgan fingerprint density at radius 2 is 1.86 bits per heavy atom. The van der Waals surface area contributed by atoms with Gasteiger partial charge in [0.15, 0.2) is 17.4 Å². The highest BCUT2D eigenvalue weighted by Crippen LogP contribution is 2.33. The van der Waals surface area contributed by atoms with Gasteiger partial charge in [0.2, 0.25) is 5.91 Å². The Kier molecular flexibility index (Phi) is 6.67. The van der Waals surface area contributed by atoms with E-state index in [9.17, 15) is 13.6 Å². The maximum absolute atomic E-state index is 14.1. The lowest BCUT2D eigenvalue weighted by atomic mass is 10.1. The molecule has 188 valence electrons. The lowest BCUT2D eigenvalue weighted by molar-refractivity contribution is -0.129. The van der Waals surface area contributed by atoms with Crippen molar-refractivity contribution < 1.29 is 23.0 Å². The molecule has 0 N–H and O–H groups in total. The molecule has 2 aromatic heterocycles. The molecule has 3 aromatic rings. The van der Waals surface area contributed by atoms with Crippen molar-refractivity contribution in [1.29, 1.82) is 0 Å². The molecular formula is C26H27F2N5O3. The number of rotatable bonds is 5. The molecule has 1 aromatic carbocycles. The van der Waals surface area contributed by atoms with Crippen molar-refractivity contribution in [2.75, 3.05) is 31.6 Å². The molecule has 8 nitrogen and oxygen atoms in total. The van der Waals surface area contributed by atoms with Gasteiger partial charge in [-0.25, -0.2) is 18.7 Å². The number of ether oxygens (including phenoxy) is 2. The zero-order valence-electron chi connectivity index (χ0n) is 20.2. The van der Waals surface area contributed by atoms with Crippen molar-refractivity contribution in [3.8, 4) is 22.9 Å². The van der Waals surface area contributed by atoms with Gasteiger partial charge < -0.3 is 19.3 Å². The molecule has 1 fully saturated rings. The topological polar surface area (TPSA) is 80.7 Å². The molecule has 2 aliphatic rings. The summed E-state index contributed by atoms with van der Waals surface area (Å²) >= 11 is 0. The van der Waals surface area contributed by atoms with Gasteiger partial charge in [-0.05, 0) is 18.2 Å². The highest BCUT2D eigenvalue weighted by molar-refractivity contribution is 5.74. The fourth-order valence-electron chi connectivity index (χ4n) is 4.59. The fourth-order valence-corrected chi connectivity index (χ4v) is 4.59. The Morgan fingerprint density at radius 3 is 2.58 bits per heavy atom. The number of methoxy groups -OCH3 is 1. The summed E-state index contributed by atoms with van der Waals surface area (Å²) in [5.74, 6) is 0.100. The predicted octanol–water partition coefficient (Wildman–Crippen LogP) is 3.78. The molecule has 1 saturated heterocycles. The average Bonchev–Trinajstić information content (AvgIpc) is 2.89. The van der Waals surface area contributed by atoms with Crippen LogP contribution in [0.5, 0.6) is 11.5 Å². The molecule has 4 heterocycles. The van der Waals surface area contributed by atoms with Gasteiger partial charge in [0.05, 0.1) is 30.7 Å². The van der Waals surface area contributed by atoms with Crippen LogP contribution in [0.25, 0.3) is 11.4 Å². The van der Waals surface area contributed by atoms with Gasteiger partial charge in [0.25, 0.3) is 0 Å². The summed E-state index contributed by atoms with van der Waals surface area (Å²) in [4.78, 5) is 30.3. The number of carbonyl (C=O) groups excluding carboxylic acids is 1. The summed E-state index contributed by atoms with van der Waals surface area (Å²) in [6.07, 6.45) is 3.37. The number of benzene rings is 1. The maximum atomic E-state index is 14.1. The number of nitrogens with zero attached hydrogens (tertiary/aromatic N) is 5. The summed E-state index contributed by atoms with van der Waals surface area (Å²) in [6, 6.07) is 6.93. The van der Waals surface area contributed by atoms with Crippen LogP contribution >= 0.6 is 0 Å². The van der Waals surface area contributed by atoms with Crippen LogP contribution < -0.4 is 14.4 Å². The Morgan fingerprint density at radius 1 is 1.06 bits per heavy atom. The van der Waals surface area contributed by atoms with Crippen LogP contribution in [0.1, 0.15) is 31.2 Å². The van der Waals surface area contributed by atoms with E-state index < -0.39 is 11.6 Å². The van der Waals surface area contributed by atoms with E-state index >= 15 is 0 Å². The van der Waals surface area contributed by atoms with Crippen LogP contribution in [0.15, 0.2) is 36.5 Å². The zero-order valence-corrected chi connectivity index (χ0v) is 20.2. The summed E-state index contributed by atoms with van der Waals surface area (Å²) in [7, 11) is 1.60. The van der Waals surface area contributed by atoms with E-state index in [1.165, 1.54) is 12.1 Å². The number of amides is 1. The Balaban J connectivity index is 1.41. The van der Waals surface area contributed by atoms with E-state index in [4.69, 9.17) is 19.4 Å². The van der Waals surface area contributed by atoms with Crippen LogP contribution in [0, 0.1) is 11.6 Å². The number of hydrogen-bond acceptors (Lipinski definition) is 7. The molecule has 5 rings (SSSR count). The number of fused-ring (bicyclic) bond motifs is 1. The monoisotopic (exact) mass is 495 g/mol. The van der Waals surface area contributed by atoms with E-state index in [1.807, 2.05) is 6.07 Å². The van der Waals surface area contributed by atoms with Crippen molar-refractivity contribution in [3.63, 3.8) is 0 Å². The molecule has 0 saturated carbocycles. The molecular weight excluding hydrogens is 468 g/mol. The Bertz CT molecular complexity index is 1280. The SMILES string of the molecule is COc1ccnc(-c2nc3c(nc2N2CCC(Oc4ccc(F)cc4F)CC2)CCN(C(C)=O)C3)c1. The molecule has 2 aliphatic heterocycles. The van der Waals surface area contributed by atoms with Gasteiger partial charge >= 0.3 is 0 Å². The zero-order chi connectivity index (χ0) is 25.2. The summed E-state index contributed by atoms with van der Waals surface area (Å²) in [6.45, 7) is 3.82. The lowest BCUT2D eigenvalue weighted by Gasteiger charge is -2.35. The molecule has 10 heteroatoms. The normalized spacial score (nSPS) is 16.0. The second-order valence-electron chi connectivity index (χ2n) is 8.94. The summed E-state index contributed by atoms with van der Waals surface area (Å²) < 4.78 is 38.5. The van der Waals surface area contributed by atoms with Crippen molar-refractivity contribution >= 4 is 11.7 Å².